The Morgan fingerprint density at radius 1 is 1.33 bits per heavy atom. The summed E-state index contributed by atoms with van der Waals surface area (Å²) < 4.78 is 41.6. The lowest BCUT2D eigenvalue weighted by atomic mass is 9.85. The van der Waals surface area contributed by atoms with Crippen molar-refractivity contribution in [3.63, 3.8) is 0 Å². The highest BCUT2D eigenvalue weighted by molar-refractivity contribution is 6.63. The van der Waals surface area contributed by atoms with Crippen LogP contribution in [0.1, 0.15) is 32.1 Å². The van der Waals surface area contributed by atoms with Gasteiger partial charge in [-0.25, -0.2) is 0 Å². The fourth-order valence-corrected chi connectivity index (χ4v) is 2.24. The van der Waals surface area contributed by atoms with Crippen molar-refractivity contribution >= 4 is 16.8 Å². The molecule has 0 heterocycles. The van der Waals surface area contributed by atoms with Crippen LogP contribution in [0.25, 0.3) is 0 Å². The normalized spacial score (nSPS) is 20.2. The maximum absolute atomic E-state index is 12.1. The Labute approximate surface area is 109 Å². The van der Waals surface area contributed by atoms with Gasteiger partial charge in [-0.2, -0.15) is 13.2 Å². The molecule has 104 valence electrons. The molecule has 0 aliphatic heterocycles. The van der Waals surface area contributed by atoms with Gasteiger partial charge in [0.2, 0.25) is 5.24 Å². The van der Waals surface area contributed by atoms with E-state index in [0.717, 1.165) is 38.2 Å². The molecule has 0 aromatic rings. The zero-order valence-electron chi connectivity index (χ0n) is 9.88. The molecule has 0 bridgehead atoms. The molecule has 0 aromatic carbocycles. The van der Waals surface area contributed by atoms with Gasteiger partial charge in [0, 0.05) is 6.08 Å². The van der Waals surface area contributed by atoms with Gasteiger partial charge < -0.3 is 4.74 Å². The van der Waals surface area contributed by atoms with E-state index in [1.54, 1.807) is 0 Å². The number of halogens is 4. The molecule has 18 heavy (non-hydrogen) atoms. The van der Waals surface area contributed by atoms with Crippen LogP contribution < -0.4 is 0 Å². The number of carbonyl (C=O) groups is 1. The van der Waals surface area contributed by atoms with Crippen LogP contribution in [0, 0.1) is 5.92 Å². The largest absolute Gasteiger partial charge is 0.409 e. The van der Waals surface area contributed by atoms with E-state index in [1.807, 2.05) is 0 Å². The van der Waals surface area contributed by atoms with Gasteiger partial charge >= 0.3 is 6.18 Å². The lowest BCUT2D eigenvalue weighted by Gasteiger charge is -2.28. The molecule has 1 saturated carbocycles. The average molecular weight is 285 g/mol. The number of rotatable bonds is 5. The third-order valence-electron chi connectivity index (χ3n) is 2.98. The molecule has 1 aliphatic carbocycles. The first-order valence-corrected chi connectivity index (χ1v) is 6.32. The molecule has 0 radical (unpaired) electrons. The molecule has 0 saturated heterocycles. The number of hydrogen-bond acceptors (Lipinski definition) is 2. The quantitative estimate of drug-likeness (QED) is 0.566. The van der Waals surface area contributed by atoms with Gasteiger partial charge in [0.25, 0.3) is 0 Å². The fourth-order valence-electron chi connectivity index (χ4n) is 2.18. The summed E-state index contributed by atoms with van der Waals surface area (Å²) in [6.45, 7) is -0.356. The standard InChI is InChI=1S/C12H16ClF3O2/c13-11(17)8-18-10(6-7-12(14,15)16)9-4-2-1-3-5-9/h6-7,9-10H,1-5,8H2/b7-6-. The Morgan fingerprint density at radius 3 is 2.44 bits per heavy atom. The van der Waals surface area contributed by atoms with Crippen molar-refractivity contribution in [3.8, 4) is 0 Å². The third-order valence-corrected chi connectivity index (χ3v) is 3.09. The highest BCUT2D eigenvalue weighted by atomic mass is 35.5. The maximum Gasteiger partial charge on any atom is 0.409 e. The molecule has 1 unspecified atom stereocenters. The first kappa shape index (κ1) is 15.5. The van der Waals surface area contributed by atoms with E-state index in [1.165, 1.54) is 0 Å². The third kappa shape index (κ3) is 6.40. The number of ether oxygens (including phenoxy) is 1. The Morgan fingerprint density at radius 2 is 1.94 bits per heavy atom. The van der Waals surface area contributed by atoms with Crippen LogP contribution in [0.2, 0.25) is 0 Å². The van der Waals surface area contributed by atoms with Crippen LogP contribution in [0.15, 0.2) is 12.2 Å². The van der Waals surface area contributed by atoms with Gasteiger partial charge in [0.05, 0.1) is 6.10 Å². The molecule has 2 nitrogen and oxygen atoms in total. The Hall–Kier alpha value is -0.550. The van der Waals surface area contributed by atoms with Crippen LogP contribution in [-0.4, -0.2) is 24.1 Å². The second-order valence-corrected chi connectivity index (χ2v) is 4.85. The number of carbonyl (C=O) groups excluding carboxylic acids is 1. The van der Waals surface area contributed by atoms with Crippen LogP contribution >= 0.6 is 11.6 Å². The number of alkyl halides is 3. The summed E-state index contributed by atoms with van der Waals surface area (Å²) in [5.74, 6) is 0.0355. The second kappa shape index (κ2) is 7.14. The van der Waals surface area contributed by atoms with Crippen molar-refractivity contribution in [1.29, 1.82) is 0 Å². The minimum atomic E-state index is -4.36. The van der Waals surface area contributed by atoms with E-state index < -0.39 is 17.5 Å². The van der Waals surface area contributed by atoms with Crippen LogP contribution in [0.5, 0.6) is 0 Å². The molecule has 0 spiro atoms. The molecular weight excluding hydrogens is 269 g/mol. The monoisotopic (exact) mass is 284 g/mol. The zero-order valence-corrected chi connectivity index (χ0v) is 10.6. The zero-order chi connectivity index (χ0) is 13.6. The summed E-state index contributed by atoms with van der Waals surface area (Å²) in [6, 6.07) is 0. The van der Waals surface area contributed by atoms with Gasteiger partial charge in [0.1, 0.15) is 6.61 Å². The van der Waals surface area contributed by atoms with E-state index in [9.17, 15) is 18.0 Å². The molecular formula is C12H16ClF3O2. The minimum Gasteiger partial charge on any atom is -0.365 e. The second-order valence-electron chi connectivity index (χ2n) is 4.43. The van der Waals surface area contributed by atoms with Crippen LogP contribution in [-0.2, 0) is 9.53 Å². The summed E-state index contributed by atoms with van der Waals surface area (Å²) in [5.41, 5.74) is 0. The Balaban J connectivity index is 2.61. The Kier molecular flexibility index (Phi) is 6.15. The predicted molar refractivity (Wildman–Crippen MR) is 62.4 cm³/mol. The molecule has 0 N–H and O–H groups in total. The summed E-state index contributed by atoms with van der Waals surface area (Å²) in [5, 5.41) is -0.698. The molecule has 1 atom stereocenters. The molecule has 6 heteroatoms. The fraction of sp³-hybridized carbons (Fsp3) is 0.750. The van der Waals surface area contributed by atoms with Gasteiger partial charge in [-0.3, -0.25) is 4.79 Å². The molecule has 0 amide bonds. The van der Waals surface area contributed by atoms with Gasteiger partial charge in [-0.05, 0) is 30.4 Å². The van der Waals surface area contributed by atoms with Crippen molar-refractivity contribution in [2.45, 2.75) is 44.4 Å². The first-order chi connectivity index (χ1) is 8.38. The number of allylic oxidation sites excluding steroid dienone is 1. The van der Waals surface area contributed by atoms with E-state index >= 15 is 0 Å². The SMILES string of the molecule is O=C(Cl)COC(/C=C\C(F)(F)F)C1CCCCC1. The highest BCUT2D eigenvalue weighted by Gasteiger charge is 2.27. The van der Waals surface area contributed by atoms with Crippen molar-refractivity contribution in [1.82, 2.24) is 0 Å². The summed E-state index contributed by atoms with van der Waals surface area (Å²) >= 11 is 5.14. The smallest absolute Gasteiger partial charge is 0.365 e. The maximum atomic E-state index is 12.1. The summed E-state index contributed by atoms with van der Waals surface area (Å²) in [6.07, 6.45) is 0.836. The summed E-state index contributed by atoms with van der Waals surface area (Å²) in [7, 11) is 0. The lowest BCUT2D eigenvalue weighted by Crippen LogP contribution is -2.26. The first-order valence-electron chi connectivity index (χ1n) is 5.94. The van der Waals surface area contributed by atoms with Gasteiger partial charge in [0.15, 0.2) is 0 Å². The minimum absolute atomic E-state index is 0.0355. The predicted octanol–water partition coefficient (Wildman–Crippen LogP) is 3.84. The lowest BCUT2D eigenvalue weighted by molar-refractivity contribution is -0.118. The van der Waals surface area contributed by atoms with Crippen molar-refractivity contribution in [3.05, 3.63) is 12.2 Å². The van der Waals surface area contributed by atoms with Crippen LogP contribution in [0.4, 0.5) is 13.2 Å². The average Bonchev–Trinajstić information content (AvgIpc) is 2.28. The van der Waals surface area contributed by atoms with Gasteiger partial charge in [-0.15, -0.1) is 0 Å². The number of hydrogen-bond donors (Lipinski definition) is 0. The van der Waals surface area contributed by atoms with Crippen LogP contribution in [0.3, 0.4) is 0 Å². The van der Waals surface area contributed by atoms with E-state index in [4.69, 9.17) is 16.3 Å². The van der Waals surface area contributed by atoms with Crippen molar-refractivity contribution in [2.75, 3.05) is 6.61 Å². The van der Waals surface area contributed by atoms with Gasteiger partial charge in [-0.1, -0.05) is 25.3 Å². The molecule has 1 rings (SSSR count). The van der Waals surface area contributed by atoms with E-state index in [-0.39, 0.29) is 18.6 Å². The summed E-state index contributed by atoms with van der Waals surface area (Å²) in [4.78, 5) is 10.6. The topological polar surface area (TPSA) is 26.3 Å². The highest BCUT2D eigenvalue weighted by Crippen LogP contribution is 2.29. The van der Waals surface area contributed by atoms with E-state index in [0.29, 0.717) is 0 Å². The van der Waals surface area contributed by atoms with E-state index in [2.05, 4.69) is 0 Å². The molecule has 0 aromatic heterocycles. The molecule has 1 aliphatic rings. The Bertz CT molecular complexity index is 296. The molecule has 1 fully saturated rings. The van der Waals surface area contributed by atoms with Crippen molar-refractivity contribution in [2.24, 2.45) is 5.92 Å². The van der Waals surface area contributed by atoms with Crippen molar-refractivity contribution < 1.29 is 22.7 Å².